The van der Waals surface area contributed by atoms with Crippen molar-refractivity contribution in [3.63, 3.8) is 0 Å². The molecule has 1 unspecified atom stereocenters. The van der Waals surface area contributed by atoms with E-state index in [0.717, 1.165) is 18.2 Å². The number of nitrogens with zero attached hydrogens (tertiary/aromatic N) is 3. The van der Waals surface area contributed by atoms with Gasteiger partial charge in [-0.1, -0.05) is 6.08 Å². The van der Waals surface area contributed by atoms with Gasteiger partial charge in [-0.2, -0.15) is 4.98 Å². The summed E-state index contributed by atoms with van der Waals surface area (Å²) in [6.07, 6.45) is 8.61. The van der Waals surface area contributed by atoms with Gasteiger partial charge in [0.1, 0.15) is 5.65 Å². The van der Waals surface area contributed by atoms with E-state index in [1.165, 1.54) is 6.26 Å². The van der Waals surface area contributed by atoms with Crippen molar-refractivity contribution in [1.29, 1.82) is 0 Å². The summed E-state index contributed by atoms with van der Waals surface area (Å²) in [4.78, 5) is 22.5. The Balaban J connectivity index is 1.69. The van der Waals surface area contributed by atoms with E-state index in [2.05, 4.69) is 15.3 Å². The third-order valence-corrected chi connectivity index (χ3v) is 8.19. The summed E-state index contributed by atoms with van der Waals surface area (Å²) in [5.74, 6) is 0.399. The topological polar surface area (TPSA) is 114 Å². The van der Waals surface area contributed by atoms with Gasteiger partial charge in [0.05, 0.1) is 15.2 Å². The Bertz CT molecular complexity index is 1190. The van der Waals surface area contributed by atoms with Gasteiger partial charge in [-0.05, 0) is 74.1 Å². The lowest BCUT2D eigenvalue weighted by atomic mass is 10.00. The van der Waals surface area contributed by atoms with Gasteiger partial charge in [-0.3, -0.25) is 9.36 Å². The zero-order chi connectivity index (χ0) is 21.7. The number of hydrogen-bond acceptors (Lipinski definition) is 7. The number of aromatic nitrogens is 3. The fourth-order valence-corrected chi connectivity index (χ4v) is 5.93. The van der Waals surface area contributed by atoms with E-state index >= 15 is 0 Å². The van der Waals surface area contributed by atoms with Gasteiger partial charge in [0.15, 0.2) is 9.84 Å². The first kappa shape index (κ1) is 21.7. The molecule has 0 aromatic carbocycles. The molecule has 1 saturated carbocycles. The molecule has 3 atom stereocenters. The van der Waals surface area contributed by atoms with Crippen molar-refractivity contribution in [1.82, 2.24) is 14.5 Å². The van der Waals surface area contributed by atoms with Crippen LogP contribution >= 0.6 is 22.6 Å². The number of sulfone groups is 1. The fraction of sp³-hybridized carbons (Fsp3) is 0.550. The summed E-state index contributed by atoms with van der Waals surface area (Å²) in [6.45, 7) is 1.77. The molecule has 1 fully saturated rings. The second kappa shape index (κ2) is 7.86. The minimum atomic E-state index is -3.15. The molecule has 2 aromatic heterocycles. The number of rotatable bonds is 4. The second-order valence-corrected chi connectivity index (χ2v) is 11.7. The lowest BCUT2D eigenvalue weighted by Crippen LogP contribution is -2.38. The van der Waals surface area contributed by atoms with Crippen LogP contribution in [0, 0.1) is 3.57 Å². The van der Waals surface area contributed by atoms with Crippen LogP contribution in [-0.4, -0.2) is 46.0 Å². The molecule has 8 nitrogen and oxygen atoms in total. The van der Waals surface area contributed by atoms with Crippen LogP contribution in [-0.2, 0) is 9.84 Å². The molecule has 2 aliphatic rings. The van der Waals surface area contributed by atoms with Crippen LogP contribution < -0.4 is 10.9 Å². The average Bonchev–Trinajstić information content (AvgIpc) is 3.02. The smallest absolute Gasteiger partial charge is 0.266 e. The first-order chi connectivity index (χ1) is 14.1. The van der Waals surface area contributed by atoms with Gasteiger partial charge in [-0.25, -0.2) is 13.4 Å². The number of allylic oxidation sites excluding steroid dienone is 1. The molecule has 162 valence electrons. The van der Waals surface area contributed by atoms with Crippen molar-refractivity contribution in [3.8, 4) is 0 Å². The Morgan fingerprint density at radius 1 is 1.37 bits per heavy atom. The minimum Gasteiger partial charge on any atom is -0.388 e. The van der Waals surface area contributed by atoms with E-state index in [9.17, 15) is 18.3 Å². The molecule has 2 aromatic rings. The van der Waals surface area contributed by atoms with Gasteiger partial charge >= 0.3 is 0 Å². The van der Waals surface area contributed by atoms with Gasteiger partial charge in [-0.15, -0.1) is 0 Å². The second-order valence-electron chi connectivity index (χ2n) is 8.46. The molecule has 30 heavy (non-hydrogen) atoms. The molecule has 2 heterocycles. The predicted octanol–water partition coefficient (Wildman–Crippen LogP) is 2.77. The van der Waals surface area contributed by atoms with E-state index in [0.29, 0.717) is 45.8 Å². The molecule has 0 spiro atoms. The highest BCUT2D eigenvalue weighted by atomic mass is 127. The summed E-state index contributed by atoms with van der Waals surface area (Å²) in [5, 5.41) is 14.8. The van der Waals surface area contributed by atoms with E-state index < -0.39 is 15.4 Å². The highest BCUT2D eigenvalue weighted by Gasteiger charge is 2.39. The number of pyridine rings is 1. The molecule has 0 aliphatic heterocycles. The van der Waals surface area contributed by atoms with Gasteiger partial charge in [0.2, 0.25) is 5.95 Å². The maximum absolute atomic E-state index is 13.0. The van der Waals surface area contributed by atoms with Crippen molar-refractivity contribution in [2.75, 3.05) is 11.6 Å². The standard InChI is InChI=1S/C20H25IN4O4S/c1-20(27)9-3-4-16(20)25-17-12(10-15(21)18(25)26)11-22-19(24-17)23-13-5-7-14(8-6-13)30(2,28)29/h7,10-11,13,16,27H,3-6,8-9H2,1-2H3,(H,22,23,24)/t13?,16-,20-/m1/s1. The van der Waals surface area contributed by atoms with Crippen LogP contribution in [0.1, 0.15) is 51.5 Å². The number of anilines is 1. The monoisotopic (exact) mass is 544 g/mol. The molecular formula is C20H25IN4O4S. The van der Waals surface area contributed by atoms with E-state index in [-0.39, 0.29) is 17.6 Å². The summed E-state index contributed by atoms with van der Waals surface area (Å²) >= 11 is 2.02. The number of fused-ring (bicyclic) bond motifs is 1. The van der Waals surface area contributed by atoms with Crippen molar-refractivity contribution in [3.05, 3.63) is 37.2 Å². The van der Waals surface area contributed by atoms with Crippen molar-refractivity contribution in [2.45, 2.75) is 63.1 Å². The Morgan fingerprint density at radius 3 is 2.73 bits per heavy atom. The molecule has 0 radical (unpaired) electrons. The summed E-state index contributed by atoms with van der Waals surface area (Å²) < 4.78 is 25.6. The molecular weight excluding hydrogens is 519 g/mol. The first-order valence-corrected chi connectivity index (χ1v) is 13.0. The zero-order valence-corrected chi connectivity index (χ0v) is 19.9. The Morgan fingerprint density at radius 2 is 2.13 bits per heavy atom. The summed E-state index contributed by atoms with van der Waals surface area (Å²) in [5.41, 5.74) is -0.609. The Kier molecular flexibility index (Phi) is 5.69. The van der Waals surface area contributed by atoms with E-state index in [1.807, 2.05) is 22.6 Å². The number of halogens is 1. The number of aliphatic hydroxyl groups is 1. The molecule has 0 saturated heterocycles. The average molecular weight is 544 g/mol. The first-order valence-electron chi connectivity index (χ1n) is 10.0. The predicted molar refractivity (Wildman–Crippen MR) is 124 cm³/mol. The van der Waals surface area contributed by atoms with Crippen molar-refractivity contribution in [2.24, 2.45) is 0 Å². The maximum Gasteiger partial charge on any atom is 0.266 e. The number of hydrogen-bond donors (Lipinski definition) is 2. The minimum absolute atomic E-state index is 0.0200. The van der Waals surface area contributed by atoms with Crippen LogP contribution in [0.15, 0.2) is 28.0 Å². The van der Waals surface area contributed by atoms with Gasteiger partial charge in [0, 0.05) is 28.8 Å². The SMILES string of the molecule is C[C@@]1(O)CCC[C@H]1n1c(=O)c(I)cc2cnc(NC3CC=C(S(C)(=O)=O)CC3)nc21. The molecule has 2 aliphatic carbocycles. The van der Waals surface area contributed by atoms with Crippen molar-refractivity contribution < 1.29 is 13.5 Å². The van der Waals surface area contributed by atoms with Crippen LogP contribution in [0.4, 0.5) is 5.95 Å². The lowest BCUT2D eigenvalue weighted by Gasteiger charge is -2.28. The fourth-order valence-electron chi connectivity index (χ4n) is 4.44. The van der Waals surface area contributed by atoms with Gasteiger partial charge in [0.25, 0.3) is 5.56 Å². The quantitative estimate of drug-likeness (QED) is 0.569. The normalized spacial score (nSPS) is 27.3. The Labute approximate surface area is 188 Å². The third-order valence-electron chi connectivity index (χ3n) is 6.10. The lowest BCUT2D eigenvalue weighted by molar-refractivity contribution is 0.0266. The Hall–Kier alpha value is -1.53. The highest BCUT2D eigenvalue weighted by Crippen LogP contribution is 2.39. The van der Waals surface area contributed by atoms with Crippen LogP contribution in [0.25, 0.3) is 11.0 Å². The molecule has 0 amide bonds. The van der Waals surface area contributed by atoms with E-state index in [4.69, 9.17) is 0 Å². The third kappa shape index (κ3) is 4.13. The highest BCUT2D eigenvalue weighted by molar-refractivity contribution is 14.1. The largest absolute Gasteiger partial charge is 0.388 e. The number of nitrogens with one attached hydrogen (secondary N) is 1. The molecule has 0 bridgehead atoms. The van der Waals surface area contributed by atoms with Crippen LogP contribution in [0.2, 0.25) is 0 Å². The zero-order valence-electron chi connectivity index (χ0n) is 16.9. The van der Waals surface area contributed by atoms with Gasteiger partial charge < -0.3 is 10.4 Å². The summed E-state index contributed by atoms with van der Waals surface area (Å²) in [7, 11) is -3.15. The van der Waals surface area contributed by atoms with Crippen LogP contribution in [0.5, 0.6) is 0 Å². The maximum atomic E-state index is 13.0. The summed E-state index contributed by atoms with van der Waals surface area (Å²) in [6, 6.07) is 1.45. The van der Waals surface area contributed by atoms with E-state index in [1.54, 1.807) is 29.8 Å². The molecule has 4 rings (SSSR count). The van der Waals surface area contributed by atoms with Crippen LogP contribution in [0.3, 0.4) is 0 Å². The molecule has 2 N–H and O–H groups in total. The molecule has 10 heteroatoms. The van der Waals surface area contributed by atoms with Crippen molar-refractivity contribution >= 4 is 49.4 Å².